The summed E-state index contributed by atoms with van der Waals surface area (Å²) in [5.74, 6) is 0.713. The van der Waals surface area contributed by atoms with Gasteiger partial charge in [0, 0.05) is 61.9 Å². The molecule has 6 nitrogen and oxygen atoms in total. The Hall–Kier alpha value is -4.03. The third-order valence-electron chi connectivity index (χ3n) is 8.28. The summed E-state index contributed by atoms with van der Waals surface area (Å²) >= 11 is 0. The molecule has 1 heterocycles. The Balaban J connectivity index is 1.71. The second-order valence-corrected chi connectivity index (χ2v) is 11.7. The Kier molecular flexibility index (Phi) is 6.55. The minimum absolute atomic E-state index is 0.377. The van der Waals surface area contributed by atoms with Gasteiger partial charge in [-0.25, -0.2) is 0 Å². The summed E-state index contributed by atoms with van der Waals surface area (Å²) in [6.07, 6.45) is 0. The summed E-state index contributed by atoms with van der Waals surface area (Å²) in [5.41, 5.74) is 5.74. The van der Waals surface area contributed by atoms with E-state index in [1.165, 1.54) is 0 Å². The molecule has 0 aromatic heterocycles. The van der Waals surface area contributed by atoms with E-state index in [0.29, 0.717) is 5.84 Å². The van der Waals surface area contributed by atoms with Gasteiger partial charge in [-0.1, -0.05) is 24.3 Å². The average Bonchev–Trinajstić information content (AvgIpc) is 3.08. The van der Waals surface area contributed by atoms with E-state index in [1.807, 2.05) is 0 Å². The maximum absolute atomic E-state index is 8.96. The summed E-state index contributed by atoms with van der Waals surface area (Å²) in [6.45, 7) is 8.39. The van der Waals surface area contributed by atoms with Crippen molar-refractivity contribution in [2.75, 3.05) is 42.9 Å². The number of fused-ring (bicyclic) bond motifs is 1. The third kappa shape index (κ3) is 4.49. The van der Waals surface area contributed by atoms with Gasteiger partial charge in [0.1, 0.15) is 5.54 Å². The van der Waals surface area contributed by atoms with Crippen molar-refractivity contribution in [2.24, 2.45) is 4.99 Å². The van der Waals surface area contributed by atoms with Gasteiger partial charge in [-0.2, -0.15) is 0 Å². The highest BCUT2D eigenvalue weighted by Crippen LogP contribution is 2.43. The molecule has 0 aliphatic carbocycles. The molecule has 2 N–H and O–H groups in total. The molecule has 6 heteroatoms. The molecule has 0 radical (unpaired) electrons. The number of hydroxylamine groups is 2. The van der Waals surface area contributed by atoms with Crippen LogP contribution in [0.15, 0.2) is 89.9 Å². The molecule has 0 atom stereocenters. The van der Waals surface area contributed by atoms with Gasteiger partial charge in [-0.3, -0.25) is 4.99 Å². The Bertz CT molecular complexity index is 1470. The minimum Gasteiger partial charge on any atom is -0.378 e. The molecule has 0 unspecified atom stereocenters. The topological polar surface area (TPSA) is 48.2 Å². The van der Waals surface area contributed by atoms with Crippen LogP contribution in [-0.4, -0.2) is 55.4 Å². The number of aliphatic imine (C=N–C) groups is 1. The zero-order valence-electron chi connectivity index (χ0n) is 24.3. The first kappa shape index (κ1) is 26.6. The summed E-state index contributed by atoms with van der Waals surface area (Å²) < 4.78 is 0. The van der Waals surface area contributed by atoms with Crippen molar-refractivity contribution in [3.8, 4) is 0 Å². The zero-order chi connectivity index (χ0) is 28.1. The largest absolute Gasteiger partial charge is 0.378 e. The maximum Gasteiger partial charge on any atom is 0.201 e. The van der Waals surface area contributed by atoms with Gasteiger partial charge in [0.05, 0.1) is 11.2 Å². The summed E-state index contributed by atoms with van der Waals surface area (Å²) in [7, 11) is 8.23. The summed E-state index contributed by atoms with van der Waals surface area (Å²) in [6, 6.07) is 30.1. The van der Waals surface area contributed by atoms with Gasteiger partial charge in [-0.05, 0) is 93.7 Å². The Morgan fingerprint density at radius 2 is 1.08 bits per heavy atom. The first-order chi connectivity index (χ1) is 18.4. The van der Waals surface area contributed by atoms with Crippen molar-refractivity contribution in [1.29, 1.82) is 0 Å². The Labute approximate surface area is 232 Å². The fraction of sp³-hybridized carbons (Fsp3) is 0.303. The lowest BCUT2D eigenvalue weighted by Crippen LogP contribution is -2.51. The highest BCUT2D eigenvalue weighted by molar-refractivity contribution is 6.14. The van der Waals surface area contributed by atoms with Crippen LogP contribution in [0.4, 0.5) is 28.4 Å². The molecule has 4 aromatic carbocycles. The molecule has 1 aliphatic rings. The van der Waals surface area contributed by atoms with Crippen LogP contribution in [0.3, 0.4) is 0 Å². The van der Waals surface area contributed by atoms with Crippen LogP contribution in [0.5, 0.6) is 0 Å². The molecule has 39 heavy (non-hydrogen) atoms. The lowest BCUT2D eigenvalue weighted by molar-refractivity contribution is -0.0991. The second-order valence-electron chi connectivity index (χ2n) is 11.7. The fourth-order valence-corrected chi connectivity index (χ4v) is 5.07. The van der Waals surface area contributed by atoms with Crippen molar-refractivity contribution < 1.29 is 5.21 Å². The first-order valence-corrected chi connectivity index (χ1v) is 13.4. The van der Waals surface area contributed by atoms with Gasteiger partial charge in [-0.15, -0.1) is 5.06 Å². The molecule has 1 aliphatic heterocycles. The Morgan fingerprint density at radius 1 is 0.615 bits per heavy atom. The van der Waals surface area contributed by atoms with E-state index in [2.05, 4.69) is 156 Å². The molecule has 0 fully saturated rings. The van der Waals surface area contributed by atoms with Crippen molar-refractivity contribution in [3.05, 3.63) is 90.5 Å². The molecule has 0 amide bonds. The van der Waals surface area contributed by atoms with Gasteiger partial charge in [0.15, 0.2) is 0 Å². The first-order valence-electron chi connectivity index (χ1n) is 13.4. The molecule has 4 aromatic rings. The molecular formula is C33H40N5O+. The van der Waals surface area contributed by atoms with Crippen LogP contribution < -0.4 is 14.7 Å². The van der Waals surface area contributed by atoms with Crippen LogP contribution in [-0.2, 0) is 0 Å². The number of anilines is 5. The number of hydrogen-bond donors (Lipinski definition) is 0. The van der Waals surface area contributed by atoms with Crippen LogP contribution >= 0.6 is 0 Å². The molecule has 0 saturated carbocycles. The normalized spacial score (nSPS) is 15.8. The SMILES string of the molecule is CN(C)c1ccc(N(c2ccc(N(C)C)cc2)c2ccc(C3=NC(C)(C)C(C)(C)N3[OH2+])c3ccccc23)cc1. The third-order valence-corrected chi connectivity index (χ3v) is 8.28. The van der Waals surface area contributed by atoms with Crippen molar-refractivity contribution >= 4 is 45.0 Å². The van der Waals surface area contributed by atoms with E-state index in [0.717, 1.165) is 44.8 Å². The highest BCUT2D eigenvalue weighted by Gasteiger charge is 2.52. The van der Waals surface area contributed by atoms with Gasteiger partial charge in [0.25, 0.3) is 0 Å². The molecular weight excluding hydrogens is 482 g/mol. The van der Waals surface area contributed by atoms with Crippen molar-refractivity contribution in [2.45, 2.75) is 38.8 Å². The quantitative estimate of drug-likeness (QED) is 0.264. The number of benzene rings is 4. The van der Waals surface area contributed by atoms with Crippen LogP contribution in [0.25, 0.3) is 10.8 Å². The van der Waals surface area contributed by atoms with E-state index in [1.54, 1.807) is 5.06 Å². The maximum atomic E-state index is 8.96. The lowest BCUT2D eigenvalue weighted by atomic mass is 9.84. The van der Waals surface area contributed by atoms with E-state index in [-0.39, 0.29) is 5.54 Å². The molecule has 0 bridgehead atoms. The predicted molar refractivity (Wildman–Crippen MR) is 167 cm³/mol. The van der Waals surface area contributed by atoms with E-state index < -0.39 is 5.54 Å². The van der Waals surface area contributed by atoms with E-state index in [4.69, 9.17) is 10.2 Å². The second kappa shape index (κ2) is 9.62. The summed E-state index contributed by atoms with van der Waals surface area (Å²) in [5, 5.41) is 12.7. The van der Waals surface area contributed by atoms with Gasteiger partial charge >= 0.3 is 0 Å². The number of amidine groups is 1. The van der Waals surface area contributed by atoms with Crippen LogP contribution in [0.2, 0.25) is 0 Å². The minimum atomic E-state index is -0.420. The standard InChI is InChI=1S/C33H39N5O/c1-32(2)33(3,4)38(39)31(34-32)29-21-22-30(28-12-10-9-11-27(28)29)37(25-17-13-23(14-18-25)35(5)6)26-19-15-24(16-20-26)36(7)8/h9-22,39H,1-8H3/p+1. The molecule has 0 saturated heterocycles. The monoisotopic (exact) mass is 522 g/mol. The zero-order valence-corrected chi connectivity index (χ0v) is 24.3. The number of rotatable bonds is 6. The predicted octanol–water partition coefficient (Wildman–Crippen LogP) is 6.70. The summed E-state index contributed by atoms with van der Waals surface area (Å²) in [4.78, 5) is 11.6. The lowest BCUT2D eigenvalue weighted by Gasteiger charge is -2.33. The van der Waals surface area contributed by atoms with Gasteiger partial charge in [0.2, 0.25) is 5.84 Å². The molecule has 0 spiro atoms. The van der Waals surface area contributed by atoms with E-state index >= 15 is 0 Å². The van der Waals surface area contributed by atoms with Gasteiger partial charge < -0.3 is 19.9 Å². The highest BCUT2D eigenvalue weighted by atomic mass is 16.5. The average molecular weight is 523 g/mol. The van der Waals surface area contributed by atoms with Crippen molar-refractivity contribution in [3.63, 3.8) is 0 Å². The molecule has 5 rings (SSSR count). The van der Waals surface area contributed by atoms with Crippen molar-refractivity contribution in [1.82, 2.24) is 5.06 Å². The number of nitrogens with zero attached hydrogens (tertiary/aromatic N) is 5. The van der Waals surface area contributed by atoms with Crippen LogP contribution in [0, 0.1) is 0 Å². The molecule has 202 valence electrons. The Morgan fingerprint density at radius 3 is 1.51 bits per heavy atom. The fourth-order valence-electron chi connectivity index (χ4n) is 5.07. The van der Waals surface area contributed by atoms with E-state index in [9.17, 15) is 0 Å². The van der Waals surface area contributed by atoms with Crippen LogP contribution in [0.1, 0.15) is 33.3 Å². The smallest absolute Gasteiger partial charge is 0.201 e. The number of hydrogen-bond acceptors (Lipinski definition) is 5.